The number of thioether (sulfide) groups is 1. The van der Waals surface area contributed by atoms with Gasteiger partial charge in [0.2, 0.25) is 11.8 Å². The molecule has 0 bridgehead atoms. The van der Waals surface area contributed by atoms with Crippen LogP contribution < -0.4 is 16.4 Å². The monoisotopic (exact) mass is 289 g/mol. The summed E-state index contributed by atoms with van der Waals surface area (Å²) in [7, 11) is 0. The van der Waals surface area contributed by atoms with Crippen molar-refractivity contribution in [2.24, 2.45) is 11.7 Å². The van der Waals surface area contributed by atoms with Gasteiger partial charge in [0.25, 0.3) is 0 Å². The number of carbonyl (C=O) groups is 2. The van der Waals surface area contributed by atoms with Crippen LogP contribution >= 0.6 is 11.8 Å². The third-order valence-electron chi connectivity index (χ3n) is 2.75. The predicted molar refractivity (Wildman–Crippen MR) is 81.0 cm³/mol. The molecule has 0 heterocycles. The van der Waals surface area contributed by atoms with Crippen LogP contribution in [0.4, 0.5) is 0 Å². The van der Waals surface area contributed by atoms with Crippen LogP contribution in [0.1, 0.15) is 34.1 Å². The van der Waals surface area contributed by atoms with E-state index in [-0.39, 0.29) is 30.3 Å². The van der Waals surface area contributed by atoms with Gasteiger partial charge in [-0.15, -0.1) is 0 Å². The molecule has 0 aromatic carbocycles. The maximum atomic E-state index is 11.6. The second-order valence-corrected chi connectivity index (χ2v) is 6.34. The van der Waals surface area contributed by atoms with E-state index in [1.807, 2.05) is 32.5 Å². The van der Waals surface area contributed by atoms with Crippen molar-refractivity contribution in [3.8, 4) is 0 Å². The minimum atomic E-state index is -0.564. The molecular weight excluding hydrogens is 262 g/mol. The molecule has 6 heteroatoms. The number of hydrogen-bond donors (Lipinski definition) is 3. The van der Waals surface area contributed by atoms with Gasteiger partial charge in [-0.25, -0.2) is 0 Å². The average Bonchev–Trinajstić information content (AvgIpc) is 2.35. The van der Waals surface area contributed by atoms with E-state index < -0.39 is 6.04 Å². The Bertz CT molecular complexity index is 285. The van der Waals surface area contributed by atoms with Crippen LogP contribution in [0, 0.1) is 5.92 Å². The molecule has 0 radical (unpaired) electrons. The average molecular weight is 289 g/mol. The topological polar surface area (TPSA) is 84.2 Å². The number of rotatable bonds is 9. The molecule has 0 fully saturated rings. The molecule has 0 saturated heterocycles. The molecule has 2 amide bonds. The van der Waals surface area contributed by atoms with Crippen LogP contribution in [0.15, 0.2) is 0 Å². The fourth-order valence-electron chi connectivity index (χ4n) is 1.39. The zero-order valence-corrected chi connectivity index (χ0v) is 13.2. The first-order chi connectivity index (χ1) is 8.88. The first kappa shape index (κ1) is 18.2. The summed E-state index contributed by atoms with van der Waals surface area (Å²) in [5.41, 5.74) is 5.68. The molecule has 0 rings (SSSR count). The van der Waals surface area contributed by atoms with E-state index in [1.54, 1.807) is 0 Å². The lowest BCUT2D eigenvalue weighted by Crippen LogP contribution is -2.48. The predicted octanol–water partition coefficient (Wildman–Crippen LogP) is 0.734. The highest BCUT2D eigenvalue weighted by atomic mass is 32.2. The third-order valence-corrected chi connectivity index (χ3v) is 3.68. The van der Waals surface area contributed by atoms with Gasteiger partial charge in [0, 0.05) is 6.04 Å². The van der Waals surface area contributed by atoms with E-state index in [2.05, 4.69) is 17.6 Å². The van der Waals surface area contributed by atoms with Gasteiger partial charge in [-0.1, -0.05) is 20.8 Å². The highest BCUT2D eigenvalue weighted by molar-refractivity contribution is 7.99. The SMILES string of the molecule is CCSCCC(C)NC(=O)CNC(=O)[C@@H](N)C(C)C. The molecule has 5 nitrogen and oxygen atoms in total. The van der Waals surface area contributed by atoms with Crippen molar-refractivity contribution in [3.63, 3.8) is 0 Å². The lowest BCUT2D eigenvalue weighted by atomic mass is 10.1. The Labute approximate surface area is 120 Å². The van der Waals surface area contributed by atoms with Crippen molar-refractivity contribution < 1.29 is 9.59 Å². The smallest absolute Gasteiger partial charge is 0.239 e. The van der Waals surface area contributed by atoms with Crippen molar-refractivity contribution in [1.82, 2.24) is 10.6 Å². The first-order valence-electron chi connectivity index (χ1n) is 6.78. The number of amides is 2. The summed E-state index contributed by atoms with van der Waals surface area (Å²) in [4.78, 5) is 23.2. The molecular formula is C13H27N3O2S. The second-order valence-electron chi connectivity index (χ2n) is 4.94. The van der Waals surface area contributed by atoms with Gasteiger partial charge >= 0.3 is 0 Å². The van der Waals surface area contributed by atoms with E-state index in [1.165, 1.54) is 0 Å². The molecule has 19 heavy (non-hydrogen) atoms. The van der Waals surface area contributed by atoms with Crippen molar-refractivity contribution >= 4 is 23.6 Å². The Morgan fingerprint density at radius 1 is 1.26 bits per heavy atom. The highest BCUT2D eigenvalue weighted by Gasteiger charge is 2.17. The zero-order chi connectivity index (χ0) is 14.8. The summed E-state index contributed by atoms with van der Waals surface area (Å²) >= 11 is 1.85. The molecule has 0 aromatic heterocycles. The minimum Gasteiger partial charge on any atom is -0.352 e. The van der Waals surface area contributed by atoms with Crippen molar-refractivity contribution in [2.45, 2.75) is 46.2 Å². The van der Waals surface area contributed by atoms with E-state index >= 15 is 0 Å². The van der Waals surface area contributed by atoms with Crippen LogP contribution in [0.25, 0.3) is 0 Å². The quantitative estimate of drug-likeness (QED) is 0.546. The van der Waals surface area contributed by atoms with E-state index in [0.717, 1.165) is 17.9 Å². The number of carbonyl (C=O) groups excluding carboxylic acids is 2. The lowest BCUT2D eigenvalue weighted by molar-refractivity contribution is -0.127. The lowest BCUT2D eigenvalue weighted by Gasteiger charge is -2.17. The Kier molecular flexibility index (Phi) is 9.69. The van der Waals surface area contributed by atoms with Gasteiger partial charge in [-0.2, -0.15) is 11.8 Å². The first-order valence-corrected chi connectivity index (χ1v) is 7.94. The molecule has 0 aromatic rings. The third kappa shape index (κ3) is 8.88. The van der Waals surface area contributed by atoms with Crippen LogP contribution in [-0.2, 0) is 9.59 Å². The molecule has 0 saturated carbocycles. The number of nitrogens with one attached hydrogen (secondary N) is 2. The van der Waals surface area contributed by atoms with Crippen molar-refractivity contribution in [3.05, 3.63) is 0 Å². The maximum Gasteiger partial charge on any atom is 0.239 e. The summed E-state index contributed by atoms with van der Waals surface area (Å²) in [6.45, 7) is 7.82. The van der Waals surface area contributed by atoms with Crippen LogP contribution in [0.3, 0.4) is 0 Å². The van der Waals surface area contributed by atoms with E-state index in [4.69, 9.17) is 5.73 Å². The molecule has 112 valence electrons. The van der Waals surface area contributed by atoms with E-state index in [9.17, 15) is 9.59 Å². The molecule has 0 aliphatic heterocycles. The normalized spacial score (nSPS) is 14.0. The Hall–Kier alpha value is -0.750. The summed E-state index contributed by atoms with van der Waals surface area (Å²) in [5, 5.41) is 5.41. The number of nitrogens with two attached hydrogens (primary N) is 1. The zero-order valence-electron chi connectivity index (χ0n) is 12.4. The van der Waals surface area contributed by atoms with Gasteiger partial charge in [-0.3, -0.25) is 9.59 Å². The number of hydrogen-bond acceptors (Lipinski definition) is 4. The summed E-state index contributed by atoms with van der Waals surface area (Å²) in [6, 6.07) is -0.437. The molecule has 2 atom stereocenters. The van der Waals surface area contributed by atoms with E-state index in [0.29, 0.717) is 0 Å². The minimum absolute atomic E-state index is 0.00941. The maximum absolute atomic E-state index is 11.6. The van der Waals surface area contributed by atoms with Gasteiger partial charge < -0.3 is 16.4 Å². The molecule has 1 unspecified atom stereocenters. The van der Waals surface area contributed by atoms with Crippen LogP contribution in [0.2, 0.25) is 0 Å². The highest BCUT2D eigenvalue weighted by Crippen LogP contribution is 2.03. The molecule has 0 aliphatic carbocycles. The fraction of sp³-hybridized carbons (Fsp3) is 0.846. The second kappa shape index (κ2) is 10.1. The summed E-state index contributed by atoms with van der Waals surface area (Å²) in [5.74, 6) is 1.73. The largest absolute Gasteiger partial charge is 0.352 e. The summed E-state index contributed by atoms with van der Waals surface area (Å²) in [6.07, 6.45) is 0.934. The Morgan fingerprint density at radius 2 is 1.89 bits per heavy atom. The molecule has 4 N–H and O–H groups in total. The standard InChI is InChI=1S/C13H27N3O2S/c1-5-19-7-6-10(4)16-11(17)8-15-13(18)12(14)9(2)3/h9-10,12H,5-8,14H2,1-4H3,(H,15,18)(H,16,17)/t10?,12-/m0/s1. The molecule has 0 spiro atoms. The Balaban J connectivity index is 3.83. The van der Waals surface area contributed by atoms with Gasteiger partial charge in [0.1, 0.15) is 0 Å². The van der Waals surface area contributed by atoms with Gasteiger partial charge in [-0.05, 0) is 30.8 Å². The van der Waals surface area contributed by atoms with Gasteiger partial charge in [0.05, 0.1) is 12.6 Å². The fourth-order valence-corrected chi connectivity index (χ4v) is 2.20. The summed E-state index contributed by atoms with van der Waals surface area (Å²) < 4.78 is 0. The molecule has 0 aliphatic rings. The van der Waals surface area contributed by atoms with Crippen molar-refractivity contribution in [1.29, 1.82) is 0 Å². The van der Waals surface area contributed by atoms with Crippen LogP contribution in [0.5, 0.6) is 0 Å². The Morgan fingerprint density at radius 3 is 2.42 bits per heavy atom. The van der Waals surface area contributed by atoms with Crippen LogP contribution in [-0.4, -0.2) is 41.9 Å². The van der Waals surface area contributed by atoms with Gasteiger partial charge in [0.15, 0.2) is 0 Å². The van der Waals surface area contributed by atoms with Crippen molar-refractivity contribution in [2.75, 3.05) is 18.1 Å².